The molecule has 2 unspecified atom stereocenters. The molecule has 10 nitrogen and oxygen atoms in total. The maximum Gasteiger partial charge on any atom is 0.404 e. The predicted molar refractivity (Wildman–Crippen MR) is 94.5 cm³/mol. The van der Waals surface area contributed by atoms with Gasteiger partial charge < -0.3 is 30.7 Å². The standard InChI is InChI=1S/C17H19ClN4O6/c1-6-11(19)14(25)10-7(5-28-16(20)26)17(27-2)15-8(22(15)9(23)3-18)4-21(17)12(10)13(6)24/h7-8,15H,3-5,19H2,1-2H3,(H2,20,26)/t7-,8?,15?,17-,22?/m1/s1. The van der Waals surface area contributed by atoms with Crippen molar-refractivity contribution in [2.75, 3.05) is 26.1 Å². The number of hydrogen-bond donors (Lipinski definition) is 2. The summed E-state index contributed by atoms with van der Waals surface area (Å²) in [5.74, 6) is -2.21. The van der Waals surface area contributed by atoms with Gasteiger partial charge in [0, 0.05) is 24.8 Å². The number of primary amides is 1. The number of nitrogens with two attached hydrogens (primary N) is 2. The van der Waals surface area contributed by atoms with E-state index < -0.39 is 29.6 Å². The van der Waals surface area contributed by atoms with E-state index in [1.54, 1.807) is 9.80 Å². The summed E-state index contributed by atoms with van der Waals surface area (Å²) in [6.45, 7) is 1.48. The smallest absolute Gasteiger partial charge is 0.404 e. The highest BCUT2D eigenvalue weighted by Crippen LogP contribution is 2.59. The van der Waals surface area contributed by atoms with E-state index in [4.69, 9.17) is 32.5 Å². The maximum absolute atomic E-state index is 13.0. The van der Waals surface area contributed by atoms with E-state index in [1.807, 2.05) is 0 Å². The van der Waals surface area contributed by atoms with Crippen molar-refractivity contribution in [3.8, 4) is 0 Å². The second kappa shape index (κ2) is 5.95. The predicted octanol–water partition coefficient (Wildman–Crippen LogP) is -1.17. The van der Waals surface area contributed by atoms with Crippen molar-refractivity contribution in [1.29, 1.82) is 0 Å². The minimum absolute atomic E-state index is 0.125. The number of rotatable bonds is 4. The van der Waals surface area contributed by atoms with E-state index in [0.29, 0.717) is 6.54 Å². The molecule has 0 saturated carbocycles. The van der Waals surface area contributed by atoms with Crippen LogP contribution in [0.2, 0.25) is 0 Å². The molecule has 150 valence electrons. The number of piperazine rings is 1. The molecule has 11 heteroatoms. The van der Waals surface area contributed by atoms with Gasteiger partial charge in [0.25, 0.3) is 0 Å². The normalized spacial score (nSPS) is 33.2. The van der Waals surface area contributed by atoms with Crippen LogP contribution in [0.5, 0.6) is 0 Å². The first-order chi connectivity index (χ1) is 13.2. The number of allylic oxidation sites excluding steroid dienone is 2. The molecule has 0 spiro atoms. The molecule has 4 N–H and O–H groups in total. The van der Waals surface area contributed by atoms with Crippen molar-refractivity contribution >= 4 is 35.2 Å². The summed E-state index contributed by atoms with van der Waals surface area (Å²) in [5, 5.41) is 0. The van der Waals surface area contributed by atoms with Crippen LogP contribution in [0.25, 0.3) is 0 Å². The molecule has 1 aliphatic carbocycles. The first-order valence-corrected chi connectivity index (χ1v) is 9.17. The van der Waals surface area contributed by atoms with Crippen molar-refractivity contribution in [2.24, 2.45) is 17.4 Å². The Hall–Kier alpha value is -2.59. The largest absolute Gasteiger partial charge is 0.449 e. The summed E-state index contributed by atoms with van der Waals surface area (Å²) < 4.78 is 10.8. The summed E-state index contributed by atoms with van der Waals surface area (Å²) >= 11 is 5.70. The van der Waals surface area contributed by atoms with Gasteiger partial charge in [-0.25, -0.2) is 4.79 Å². The van der Waals surface area contributed by atoms with E-state index in [0.717, 1.165) is 0 Å². The van der Waals surface area contributed by atoms with Crippen LogP contribution in [-0.2, 0) is 23.9 Å². The Morgan fingerprint density at radius 1 is 1.32 bits per heavy atom. The molecule has 4 rings (SSSR count). The van der Waals surface area contributed by atoms with Crippen molar-refractivity contribution in [3.63, 3.8) is 0 Å². The van der Waals surface area contributed by atoms with Crippen LogP contribution in [0, 0.1) is 5.92 Å². The monoisotopic (exact) mass is 410 g/mol. The van der Waals surface area contributed by atoms with Gasteiger partial charge in [0.2, 0.25) is 17.5 Å². The summed E-state index contributed by atoms with van der Waals surface area (Å²) in [7, 11) is 1.42. The molecule has 0 aromatic heterocycles. The lowest BCUT2D eigenvalue weighted by Crippen LogP contribution is -2.56. The van der Waals surface area contributed by atoms with Crippen LogP contribution in [0.3, 0.4) is 0 Å². The number of ether oxygens (including phenoxy) is 2. The lowest BCUT2D eigenvalue weighted by atomic mass is 9.82. The summed E-state index contributed by atoms with van der Waals surface area (Å²) in [4.78, 5) is 52.6. The number of Topliss-reactive ketones (excluding diaryl/α,β-unsaturated/α-hetero) is 2. The average Bonchev–Trinajstić information content (AvgIpc) is 3.17. The van der Waals surface area contributed by atoms with Crippen molar-refractivity contribution in [2.45, 2.75) is 24.7 Å². The number of alkyl halides is 1. The quantitative estimate of drug-likeness (QED) is 0.335. The number of fused-ring (bicyclic) bond motifs is 4. The molecule has 2 amide bonds. The Morgan fingerprint density at radius 3 is 2.57 bits per heavy atom. The van der Waals surface area contributed by atoms with E-state index in [1.165, 1.54) is 14.0 Å². The maximum atomic E-state index is 13.0. The van der Waals surface area contributed by atoms with Gasteiger partial charge in [-0.1, -0.05) is 0 Å². The zero-order chi connectivity index (χ0) is 20.5. The van der Waals surface area contributed by atoms with E-state index in [9.17, 15) is 19.2 Å². The topological polar surface area (TPSA) is 145 Å². The zero-order valence-corrected chi connectivity index (χ0v) is 16.0. The van der Waals surface area contributed by atoms with Crippen LogP contribution >= 0.6 is 11.6 Å². The van der Waals surface area contributed by atoms with Gasteiger partial charge in [0.1, 0.15) is 18.5 Å². The van der Waals surface area contributed by atoms with E-state index in [2.05, 4.69) is 0 Å². The first-order valence-electron chi connectivity index (χ1n) is 8.64. The molecule has 2 saturated heterocycles. The lowest BCUT2D eigenvalue weighted by molar-refractivity contribution is -0.152. The van der Waals surface area contributed by atoms with E-state index >= 15 is 0 Å². The fourth-order valence-corrected chi connectivity index (χ4v) is 5.02. The fourth-order valence-electron chi connectivity index (χ4n) is 4.89. The molecule has 0 aromatic rings. The molecule has 0 radical (unpaired) electrons. The molecule has 0 bridgehead atoms. The molecular formula is C17H19ClN4O6. The molecule has 2 fully saturated rings. The van der Waals surface area contributed by atoms with Gasteiger partial charge in [0.15, 0.2) is 5.72 Å². The van der Waals surface area contributed by atoms with Crippen LogP contribution in [-0.4, -0.2) is 77.3 Å². The first kappa shape index (κ1) is 18.8. The second-order valence-corrected chi connectivity index (χ2v) is 7.42. The fraction of sp³-hybridized carbons (Fsp3) is 0.529. The SMILES string of the molecule is CO[C@]12C3C(CN1C1=C(C(=O)C(N)=C(C)C1=O)[C@H]2COC(N)=O)N3C(=O)CCl. The summed E-state index contributed by atoms with van der Waals surface area (Å²) in [6, 6.07) is -0.666. The Kier molecular flexibility index (Phi) is 3.99. The Morgan fingerprint density at radius 2 is 2.00 bits per heavy atom. The number of carbonyl (C=O) groups excluding carboxylic acids is 4. The Bertz CT molecular complexity index is 898. The van der Waals surface area contributed by atoms with Crippen LogP contribution in [0.1, 0.15) is 6.92 Å². The second-order valence-electron chi connectivity index (χ2n) is 7.16. The zero-order valence-electron chi connectivity index (χ0n) is 15.2. The molecule has 28 heavy (non-hydrogen) atoms. The van der Waals surface area contributed by atoms with Gasteiger partial charge in [-0.15, -0.1) is 11.6 Å². The highest BCUT2D eigenvalue weighted by atomic mass is 35.5. The van der Waals surface area contributed by atoms with Gasteiger partial charge in [-0.05, 0) is 6.92 Å². The third kappa shape index (κ3) is 2.07. The summed E-state index contributed by atoms with van der Waals surface area (Å²) in [6.07, 6.45) is -1.03. The number of amides is 2. The third-order valence-electron chi connectivity index (χ3n) is 6.09. The van der Waals surface area contributed by atoms with Crippen LogP contribution < -0.4 is 11.5 Å². The molecule has 4 aliphatic rings. The average molecular weight is 411 g/mol. The number of methoxy groups -OCH3 is 1. The Labute approximate surface area is 165 Å². The number of hydrogen-bond acceptors (Lipinski definition) is 8. The highest BCUT2D eigenvalue weighted by molar-refractivity contribution is 6.27. The molecule has 3 heterocycles. The minimum atomic E-state index is -1.25. The summed E-state index contributed by atoms with van der Waals surface area (Å²) in [5.41, 5.74) is 10.0. The Balaban J connectivity index is 1.82. The van der Waals surface area contributed by atoms with Crippen molar-refractivity contribution in [1.82, 2.24) is 9.80 Å². The lowest BCUT2D eigenvalue weighted by Gasteiger charge is -2.40. The van der Waals surface area contributed by atoms with Gasteiger partial charge in [-0.3, -0.25) is 14.4 Å². The van der Waals surface area contributed by atoms with E-state index in [-0.39, 0.29) is 52.8 Å². The molecule has 0 aromatic carbocycles. The number of nitrogens with zero attached hydrogens (tertiary/aromatic N) is 2. The van der Waals surface area contributed by atoms with Crippen LogP contribution in [0.15, 0.2) is 22.5 Å². The third-order valence-corrected chi connectivity index (χ3v) is 6.32. The van der Waals surface area contributed by atoms with Crippen molar-refractivity contribution < 1.29 is 28.7 Å². The molecule has 3 aliphatic heterocycles. The number of ketones is 2. The van der Waals surface area contributed by atoms with Crippen LogP contribution in [0.4, 0.5) is 4.79 Å². The number of carbonyl (C=O) groups is 4. The molecular weight excluding hydrogens is 392 g/mol. The highest BCUT2D eigenvalue weighted by Gasteiger charge is 2.77. The minimum Gasteiger partial charge on any atom is -0.449 e. The van der Waals surface area contributed by atoms with Gasteiger partial charge in [-0.2, -0.15) is 0 Å². The van der Waals surface area contributed by atoms with Gasteiger partial charge >= 0.3 is 6.09 Å². The van der Waals surface area contributed by atoms with Crippen molar-refractivity contribution in [3.05, 3.63) is 22.5 Å². The number of halogens is 1. The van der Waals surface area contributed by atoms with Gasteiger partial charge in [0.05, 0.1) is 23.4 Å². The molecule has 4 atom stereocenters.